The topological polar surface area (TPSA) is 72.8 Å². The highest BCUT2D eigenvalue weighted by Crippen LogP contribution is 2.45. The summed E-state index contributed by atoms with van der Waals surface area (Å²) in [7, 11) is 2.62. The smallest absolute Gasteiger partial charge is 0.268 e. The fourth-order valence-electron chi connectivity index (χ4n) is 4.36. The third kappa shape index (κ3) is 2.65. The first-order valence-electron chi connectivity index (χ1n) is 8.91. The molecule has 2 aliphatic rings. The number of ketones is 2. The van der Waals surface area contributed by atoms with Crippen LogP contribution in [0.4, 0.5) is 0 Å². The zero-order chi connectivity index (χ0) is 18.2. The van der Waals surface area contributed by atoms with E-state index in [-0.39, 0.29) is 23.7 Å². The molecule has 0 radical (unpaired) electrons. The summed E-state index contributed by atoms with van der Waals surface area (Å²) in [6, 6.07) is 6.54. The lowest BCUT2D eigenvalue weighted by molar-refractivity contribution is -0.249. The summed E-state index contributed by atoms with van der Waals surface area (Å²) < 4.78 is 10.9. The molecule has 1 fully saturated rings. The zero-order valence-electron chi connectivity index (χ0n) is 15.1. The fraction of sp³-hybridized carbons (Fsp3) is 0.600. The standard InChI is InChI=1S/C20H26O5/c1-13-8-10-14(11-9-13)12-19(24-2)17(21)15-6-4-5-7-16(15)18(22)20(19,23)25-3/h4-7,13-14,23H,8-12H2,1-3H3. The van der Waals surface area contributed by atoms with Gasteiger partial charge in [0.25, 0.3) is 5.79 Å². The molecular weight excluding hydrogens is 320 g/mol. The number of rotatable bonds is 4. The van der Waals surface area contributed by atoms with E-state index in [0.717, 1.165) is 25.7 Å². The van der Waals surface area contributed by atoms with E-state index in [1.165, 1.54) is 14.2 Å². The predicted molar refractivity (Wildman–Crippen MR) is 92.5 cm³/mol. The van der Waals surface area contributed by atoms with Gasteiger partial charge in [0.05, 0.1) is 0 Å². The van der Waals surface area contributed by atoms with Crippen molar-refractivity contribution < 1.29 is 24.2 Å². The summed E-state index contributed by atoms with van der Waals surface area (Å²) in [6.07, 6.45) is 4.34. The summed E-state index contributed by atoms with van der Waals surface area (Å²) in [5, 5.41) is 11.1. The maximum absolute atomic E-state index is 13.3. The Kier molecular flexibility index (Phi) is 4.84. The second-order valence-electron chi connectivity index (χ2n) is 7.41. The summed E-state index contributed by atoms with van der Waals surface area (Å²) in [6.45, 7) is 2.22. The number of carbonyl (C=O) groups excluding carboxylic acids is 2. The van der Waals surface area contributed by atoms with Gasteiger partial charge in [-0.3, -0.25) is 9.59 Å². The SMILES string of the molecule is COC1(O)C(=O)c2ccccc2C(=O)C1(CC1CCC(C)CC1)OC. The largest absolute Gasteiger partial charge is 0.364 e. The van der Waals surface area contributed by atoms with Crippen LogP contribution < -0.4 is 0 Å². The first-order valence-corrected chi connectivity index (χ1v) is 8.91. The Morgan fingerprint density at radius 3 is 2.08 bits per heavy atom. The minimum Gasteiger partial charge on any atom is -0.364 e. The molecule has 0 aliphatic heterocycles. The second kappa shape index (κ2) is 6.63. The van der Waals surface area contributed by atoms with Crippen molar-refractivity contribution in [3.63, 3.8) is 0 Å². The molecule has 1 aromatic rings. The molecular formula is C20H26O5. The molecule has 5 heteroatoms. The number of aliphatic hydroxyl groups is 1. The molecule has 0 aromatic heterocycles. The van der Waals surface area contributed by atoms with Gasteiger partial charge in [0.1, 0.15) is 0 Å². The van der Waals surface area contributed by atoms with Crippen LogP contribution in [0.3, 0.4) is 0 Å². The number of hydrogen-bond acceptors (Lipinski definition) is 5. The highest BCUT2D eigenvalue weighted by Gasteiger charge is 2.66. The minimum absolute atomic E-state index is 0.182. The molecule has 2 unspecified atom stereocenters. The lowest BCUT2D eigenvalue weighted by atomic mass is 9.67. The average molecular weight is 346 g/mol. The van der Waals surface area contributed by atoms with E-state index in [9.17, 15) is 14.7 Å². The Morgan fingerprint density at radius 1 is 1.00 bits per heavy atom. The van der Waals surface area contributed by atoms with Gasteiger partial charge in [0.2, 0.25) is 11.6 Å². The molecule has 0 spiro atoms. The van der Waals surface area contributed by atoms with Gasteiger partial charge in [-0.1, -0.05) is 56.9 Å². The van der Waals surface area contributed by atoms with E-state index in [4.69, 9.17) is 9.47 Å². The third-order valence-electron chi connectivity index (χ3n) is 5.99. The molecule has 1 saturated carbocycles. The molecule has 5 nitrogen and oxygen atoms in total. The van der Waals surface area contributed by atoms with Crippen LogP contribution in [0.25, 0.3) is 0 Å². The average Bonchev–Trinajstić information content (AvgIpc) is 2.65. The van der Waals surface area contributed by atoms with Crippen LogP contribution in [0.15, 0.2) is 24.3 Å². The number of hydrogen-bond donors (Lipinski definition) is 1. The summed E-state index contributed by atoms with van der Waals surface area (Å²) in [4.78, 5) is 26.3. The lowest BCUT2D eigenvalue weighted by Gasteiger charge is -2.47. The fourth-order valence-corrected chi connectivity index (χ4v) is 4.36. The Bertz CT molecular complexity index is 676. The van der Waals surface area contributed by atoms with Crippen LogP contribution in [0.2, 0.25) is 0 Å². The van der Waals surface area contributed by atoms with E-state index in [0.29, 0.717) is 11.5 Å². The van der Waals surface area contributed by atoms with Gasteiger partial charge in [-0.15, -0.1) is 0 Å². The number of fused-ring (bicyclic) bond motifs is 1. The maximum atomic E-state index is 13.3. The Hall–Kier alpha value is -1.56. The Morgan fingerprint density at radius 2 is 1.56 bits per heavy atom. The van der Waals surface area contributed by atoms with Crippen molar-refractivity contribution in [3.05, 3.63) is 35.4 Å². The molecule has 3 rings (SSSR count). The van der Waals surface area contributed by atoms with Crippen LogP contribution in [0.5, 0.6) is 0 Å². The summed E-state index contributed by atoms with van der Waals surface area (Å²) >= 11 is 0. The maximum Gasteiger partial charge on any atom is 0.268 e. The van der Waals surface area contributed by atoms with Crippen molar-refractivity contribution in [1.82, 2.24) is 0 Å². The molecule has 0 bridgehead atoms. The van der Waals surface area contributed by atoms with Crippen LogP contribution in [0, 0.1) is 11.8 Å². The van der Waals surface area contributed by atoms with Gasteiger partial charge in [0.15, 0.2) is 5.60 Å². The highest BCUT2D eigenvalue weighted by atomic mass is 16.7. The van der Waals surface area contributed by atoms with E-state index in [1.54, 1.807) is 24.3 Å². The molecule has 136 valence electrons. The molecule has 2 aliphatic carbocycles. The van der Waals surface area contributed by atoms with Crippen molar-refractivity contribution in [2.75, 3.05) is 14.2 Å². The van der Waals surface area contributed by atoms with Crippen LogP contribution in [0.1, 0.15) is 59.7 Å². The number of methoxy groups -OCH3 is 2. The van der Waals surface area contributed by atoms with Gasteiger partial charge in [-0.05, 0) is 18.3 Å². The Labute approximate surface area is 148 Å². The predicted octanol–water partition coefficient (Wildman–Crippen LogP) is 3.00. The van der Waals surface area contributed by atoms with Crippen molar-refractivity contribution in [2.45, 2.75) is 50.4 Å². The highest BCUT2D eigenvalue weighted by molar-refractivity contribution is 6.21. The van der Waals surface area contributed by atoms with Gasteiger partial charge in [-0.25, -0.2) is 0 Å². The second-order valence-corrected chi connectivity index (χ2v) is 7.41. The number of ether oxygens (including phenoxy) is 2. The quantitative estimate of drug-likeness (QED) is 0.849. The van der Waals surface area contributed by atoms with Gasteiger partial charge < -0.3 is 14.6 Å². The van der Waals surface area contributed by atoms with Gasteiger partial charge in [-0.2, -0.15) is 0 Å². The van der Waals surface area contributed by atoms with Crippen LogP contribution in [-0.4, -0.2) is 42.3 Å². The molecule has 1 aromatic carbocycles. The number of Topliss-reactive ketones (excluding diaryl/α,β-unsaturated/α-hetero) is 2. The van der Waals surface area contributed by atoms with E-state index in [1.807, 2.05) is 0 Å². The third-order valence-corrected chi connectivity index (χ3v) is 5.99. The molecule has 2 atom stereocenters. The number of benzene rings is 1. The van der Waals surface area contributed by atoms with Crippen molar-refractivity contribution in [3.8, 4) is 0 Å². The zero-order valence-corrected chi connectivity index (χ0v) is 15.1. The van der Waals surface area contributed by atoms with Crippen molar-refractivity contribution >= 4 is 11.6 Å². The van der Waals surface area contributed by atoms with Crippen LogP contribution >= 0.6 is 0 Å². The summed E-state index contributed by atoms with van der Waals surface area (Å²) in [5.74, 6) is -2.43. The lowest BCUT2D eigenvalue weighted by Crippen LogP contribution is -2.69. The monoisotopic (exact) mass is 346 g/mol. The molecule has 0 saturated heterocycles. The van der Waals surface area contributed by atoms with Crippen molar-refractivity contribution in [1.29, 1.82) is 0 Å². The minimum atomic E-state index is -2.31. The molecule has 25 heavy (non-hydrogen) atoms. The van der Waals surface area contributed by atoms with E-state index in [2.05, 4.69) is 6.92 Å². The van der Waals surface area contributed by atoms with Crippen LogP contribution in [-0.2, 0) is 9.47 Å². The van der Waals surface area contributed by atoms with E-state index >= 15 is 0 Å². The normalized spacial score (nSPS) is 35.5. The van der Waals surface area contributed by atoms with Gasteiger partial charge in [0, 0.05) is 25.3 Å². The first kappa shape index (κ1) is 18.2. The first-order chi connectivity index (χ1) is 11.9. The Balaban J connectivity index is 2.06. The number of carbonyl (C=O) groups is 2. The summed E-state index contributed by atoms with van der Waals surface area (Å²) in [5.41, 5.74) is -1.24. The molecule has 1 N–H and O–H groups in total. The molecule has 0 heterocycles. The van der Waals surface area contributed by atoms with Gasteiger partial charge >= 0.3 is 0 Å². The molecule has 0 amide bonds. The van der Waals surface area contributed by atoms with Crippen molar-refractivity contribution in [2.24, 2.45) is 11.8 Å². The van der Waals surface area contributed by atoms with E-state index < -0.39 is 17.2 Å².